The molecule has 4 heterocycles. The maximum absolute atomic E-state index is 9.77. The number of carbonyl (C=O) groups is 2. The molecule has 0 saturated carbocycles. The van der Waals surface area contributed by atoms with E-state index >= 15 is 0 Å². The molecule has 4 rings (SSSR count). The van der Waals surface area contributed by atoms with E-state index in [-0.39, 0.29) is 0 Å². The number of tetrazole rings is 1. The van der Waals surface area contributed by atoms with Crippen molar-refractivity contribution in [3.63, 3.8) is 0 Å². The Balaban J connectivity index is 0.000000256. The third-order valence-electron chi connectivity index (χ3n) is 4.59. The van der Waals surface area contributed by atoms with Gasteiger partial charge in [0.15, 0.2) is 18.0 Å². The number of carboxylic acid groups (broad SMARTS) is 2. The Morgan fingerprint density at radius 3 is 2.11 bits per heavy atom. The van der Waals surface area contributed by atoms with Gasteiger partial charge in [-0.2, -0.15) is 12.9 Å². The molecule has 5 N–H and O–H groups in total. The Morgan fingerprint density at radius 2 is 1.64 bits per heavy atom. The van der Waals surface area contributed by atoms with Crippen molar-refractivity contribution in [2.24, 2.45) is 0 Å². The molecular weight excluding hydrogens is 522 g/mol. The maximum Gasteiger partial charge on any atom is 0.335 e. The van der Waals surface area contributed by atoms with Gasteiger partial charge >= 0.3 is 11.9 Å². The highest BCUT2D eigenvalue weighted by Crippen LogP contribution is 2.27. The predicted octanol–water partition coefficient (Wildman–Crippen LogP) is -1.62. The van der Waals surface area contributed by atoms with Gasteiger partial charge in [0.05, 0.1) is 17.3 Å². The number of aliphatic hydroxyl groups is 2. The number of aliphatic hydroxyl groups excluding tert-OH is 2. The number of anilines is 1. The zero-order chi connectivity index (χ0) is 27.0. The highest BCUT2D eigenvalue weighted by Gasteiger charge is 2.29. The topological polar surface area (TPSA) is 232 Å². The number of aliphatic carboxylic acids is 2. The van der Waals surface area contributed by atoms with Crippen molar-refractivity contribution in [1.82, 2.24) is 29.9 Å². The van der Waals surface area contributed by atoms with Crippen molar-refractivity contribution in [3.05, 3.63) is 23.7 Å². The van der Waals surface area contributed by atoms with Crippen LogP contribution in [-0.2, 0) is 19.7 Å². The zero-order valence-corrected chi connectivity index (χ0v) is 20.7. The Hall–Kier alpha value is -3.29. The van der Waals surface area contributed by atoms with E-state index in [0.717, 1.165) is 48.2 Å². The predicted molar refractivity (Wildman–Crippen MR) is 126 cm³/mol. The van der Waals surface area contributed by atoms with E-state index in [1.807, 2.05) is 17.6 Å². The number of thiophene rings is 1. The molecule has 2 unspecified atom stereocenters. The lowest BCUT2D eigenvalue weighted by atomic mass is 10.2. The summed E-state index contributed by atoms with van der Waals surface area (Å²) in [7, 11) is -1.53. The van der Waals surface area contributed by atoms with Gasteiger partial charge < -0.3 is 30.2 Å². The highest BCUT2D eigenvalue weighted by molar-refractivity contribution is 7.85. The van der Waals surface area contributed by atoms with Gasteiger partial charge in [-0.25, -0.2) is 14.6 Å². The molecule has 0 aliphatic carbocycles. The first-order valence-electron chi connectivity index (χ1n) is 10.1. The molecule has 0 amide bonds. The molecule has 1 fully saturated rings. The Morgan fingerprint density at radius 1 is 1.08 bits per heavy atom. The lowest BCUT2D eigenvalue weighted by Gasteiger charge is -2.33. The Bertz CT molecular complexity index is 1230. The third kappa shape index (κ3) is 8.43. The average Bonchev–Trinajstić information content (AvgIpc) is 3.50. The van der Waals surface area contributed by atoms with Crippen molar-refractivity contribution in [2.75, 3.05) is 44.4 Å². The minimum absolute atomic E-state index is 0.715. The minimum atomic E-state index is -3.67. The first-order chi connectivity index (χ1) is 16.8. The van der Waals surface area contributed by atoms with Gasteiger partial charge in [0, 0.05) is 26.2 Å². The van der Waals surface area contributed by atoms with Crippen LogP contribution in [0, 0.1) is 0 Å². The van der Waals surface area contributed by atoms with E-state index in [2.05, 4.69) is 43.4 Å². The summed E-state index contributed by atoms with van der Waals surface area (Å²) in [5, 5.41) is 46.7. The summed E-state index contributed by atoms with van der Waals surface area (Å²) < 4.78 is 27.7. The summed E-state index contributed by atoms with van der Waals surface area (Å²) in [4.78, 5) is 29.9. The summed E-state index contributed by atoms with van der Waals surface area (Å²) in [6.45, 7) is 3.96. The lowest BCUT2D eigenvalue weighted by molar-refractivity contribution is -0.165. The number of aromatic nitrogens is 5. The minimum Gasteiger partial charge on any atom is -0.479 e. The molecule has 3 aromatic rings. The van der Waals surface area contributed by atoms with Crippen LogP contribution in [0.3, 0.4) is 0 Å². The molecule has 0 spiro atoms. The van der Waals surface area contributed by atoms with Crippen molar-refractivity contribution in [2.45, 2.75) is 12.2 Å². The van der Waals surface area contributed by atoms with Crippen molar-refractivity contribution >= 4 is 44.9 Å². The fraction of sp³-hybridized carbons (Fsp3) is 0.444. The van der Waals surface area contributed by atoms with Gasteiger partial charge in [-0.3, -0.25) is 4.55 Å². The normalized spacial score (nSPS) is 15.8. The molecular formula is C18H25N7O9S2. The van der Waals surface area contributed by atoms with Crippen LogP contribution in [-0.4, -0.2) is 127 Å². The maximum atomic E-state index is 9.77. The standard InChI is InChI=1S/C13H15N7S.C4H6O6.CH4O3S/c1-18-4-6-19(7-5-18)12-13-15-16-17-20(13)10(9-14-12)11-3-2-8-21-11;5-1(3(7)8)2(6)4(9)10;1-5(2,3)4/h2-3,8-9H,4-7H2,1H3;1-2,5-6H,(H,7,8)(H,9,10);1H3,(H,2,3,4). The van der Waals surface area contributed by atoms with Gasteiger partial charge in [-0.05, 0) is 28.9 Å². The van der Waals surface area contributed by atoms with Crippen LogP contribution in [0.25, 0.3) is 16.2 Å². The quantitative estimate of drug-likeness (QED) is 0.226. The smallest absolute Gasteiger partial charge is 0.335 e. The number of hydrogen-bond donors (Lipinski definition) is 5. The average molecular weight is 548 g/mol. The second-order valence-corrected chi connectivity index (χ2v) is 9.86. The molecule has 18 heteroatoms. The number of carboxylic acids is 2. The van der Waals surface area contributed by atoms with Crippen molar-refractivity contribution < 1.29 is 43.0 Å². The van der Waals surface area contributed by atoms with Crippen LogP contribution < -0.4 is 4.90 Å². The molecule has 16 nitrogen and oxygen atoms in total. The molecule has 3 aromatic heterocycles. The summed E-state index contributed by atoms with van der Waals surface area (Å²) in [6.07, 6.45) is -1.95. The van der Waals surface area contributed by atoms with Crippen molar-refractivity contribution in [3.8, 4) is 10.6 Å². The zero-order valence-electron chi connectivity index (χ0n) is 19.1. The van der Waals surface area contributed by atoms with Crippen LogP contribution in [0.15, 0.2) is 23.7 Å². The van der Waals surface area contributed by atoms with E-state index in [4.69, 9.17) is 25.0 Å². The monoisotopic (exact) mass is 547 g/mol. The number of fused-ring (bicyclic) bond motifs is 1. The van der Waals surface area contributed by atoms with Gasteiger partial charge in [0.1, 0.15) is 5.69 Å². The van der Waals surface area contributed by atoms with E-state index in [1.165, 1.54) is 0 Å². The number of hydrogen-bond acceptors (Lipinski definition) is 13. The Kier molecular flexibility index (Phi) is 10.1. The third-order valence-corrected chi connectivity index (χ3v) is 5.48. The molecule has 0 bridgehead atoms. The van der Waals surface area contributed by atoms with Gasteiger partial charge in [-0.15, -0.1) is 16.4 Å². The van der Waals surface area contributed by atoms with E-state index in [9.17, 15) is 18.0 Å². The molecule has 36 heavy (non-hydrogen) atoms. The SMILES string of the molecule is CN1CCN(c2ncc(-c3cccs3)n3nnnc23)CC1.CS(=O)(=O)O.O=C(O)C(O)C(O)C(=O)O. The number of rotatable bonds is 5. The summed E-state index contributed by atoms with van der Waals surface area (Å²) >= 11 is 1.66. The molecule has 198 valence electrons. The molecule has 2 atom stereocenters. The Labute approximate surface area is 208 Å². The summed E-state index contributed by atoms with van der Waals surface area (Å²) in [5.41, 5.74) is 1.66. The largest absolute Gasteiger partial charge is 0.479 e. The second kappa shape index (κ2) is 12.6. The number of nitrogens with zero attached hydrogens (tertiary/aromatic N) is 7. The first kappa shape index (κ1) is 28.9. The molecule has 0 aromatic carbocycles. The van der Waals surface area contributed by atoms with Crippen molar-refractivity contribution in [1.29, 1.82) is 0 Å². The highest BCUT2D eigenvalue weighted by atomic mass is 32.2. The van der Waals surface area contributed by atoms with E-state index < -0.39 is 34.3 Å². The summed E-state index contributed by atoms with van der Waals surface area (Å²) in [6, 6.07) is 4.07. The number of piperazine rings is 1. The van der Waals surface area contributed by atoms with Crippen LogP contribution in [0.5, 0.6) is 0 Å². The first-order valence-corrected chi connectivity index (χ1v) is 12.8. The van der Waals surface area contributed by atoms with Gasteiger partial charge in [0.2, 0.25) is 5.65 Å². The van der Waals surface area contributed by atoms with Gasteiger partial charge in [-0.1, -0.05) is 6.07 Å². The molecule has 1 aliphatic heterocycles. The lowest BCUT2D eigenvalue weighted by Crippen LogP contribution is -2.45. The van der Waals surface area contributed by atoms with Gasteiger partial charge in [0.25, 0.3) is 10.1 Å². The van der Waals surface area contributed by atoms with Crippen LogP contribution in [0.2, 0.25) is 0 Å². The molecule has 1 saturated heterocycles. The fourth-order valence-electron chi connectivity index (χ4n) is 2.83. The van der Waals surface area contributed by atoms with E-state index in [0.29, 0.717) is 6.26 Å². The summed E-state index contributed by atoms with van der Waals surface area (Å²) in [5.74, 6) is -2.67. The van der Waals surface area contributed by atoms with Crippen LogP contribution >= 0.6 is 11.3 Å². The van der Waals surface area contributed by atoms with E-state index in [1.54, 1.807) is 15.9 Å². The van der Waals surface area contributed by atoms with Crippen LogP contribution in [0.4, 0.5) is 5.82 Å². The fourth-order valence-corrected chi connectivity index (χ4v) is 3.55. The number of likely N-dealkylation sites (N-methyl/N-ethyl adjacent to an activating group) is 1. The molecule has 1 aliphatic rings. The second-order valence-electron chi connectivity index (χ2n) is 7.45. The van der Waals surface area contributed by atoms with Crippen LogP contribution in [0.1, 0.15) is 0 Å². The molecule has 0 radical (unpaired) electrons.